The van der Waals surface area contributed by atoms with Crippen molar-refractivity contribution in [2.75, 3.05) is 5.32 Å². The number of carbonyl (C=O) groups excluding carboxylic acids is 1. The summed E-state index contributed by atoms with van der Waals surface area (Å²) in [7, 11) is 0. The number of nitrogens with one attached hydrogen (secondary N) is 1. The van der Waals surface area contributed by atoms with Crippen molar-refractivity contribution in [3.63, 3.8) is 0 Å². The minimum Gasteiger partial charge on any atom is -0.426 e. The smallest absolute Gasteiger partial charge is 0.314 e. The summed E-state index contributed by atoms with van der Waals surface area (Å²) < 4.78 is 8.01. The van der Waals surface area contributed by atoms with Crippen molar-refractivity contribution in [1.82, 2.24) is 9.38 Å². The Balaban J connectivity index is 1.75. The molecule has 4 rings (SSSR count). The van der Waals surface area contributed by atoms with Crippen molar-refractivity contribution in [1.29, 1.82) is 0 Å². The lowest BCUT2D eigenvalue weighted by Crippen LogP contribution is -2.36. The minimum absolute atomic E-state index is 0.00689. The van der Waals surface area contributed by atoms with Crippen LogP contribution in [0, 0.1) is 11.3 Å². The van der Waals surface area contributed by atoms with Crippen LogP contribution in [0.2, 0.25) is 0 Å². The quantitative estimate of drug-likeness (QED) is 0.346. The van der Waals surface area contributed by atoms with E-state index in [0.717, 1.165) is 54.8 Å². The monoisotopic (exact) mass is 433 g/mol. The number of fused-ring (bicyclic) bond motifs is 1. The van der Waals surface area contributed by atoms with Gasteiger partial charge in [-0.1, -0.05) is 51.8 Å². The maximum atomic E-state index is 12.8. The second-order valence-corrected chi connectivity index (χ2v) is 10.9. The topological polar surface area (TPSA) is 55.6 Å². The molecule has 2 aromatic heterocycles. The lowest BCUT2D eigenvalue weighted by atomic mass is 9.82. The zero-order chi connectivity index (χ0) is 22.9. The number of carbonyl (C=O) groups is 1. The van der Waals surface area contributed by atoms with E-state index in [9.17, 15) is 4.79 Å². The first kappa shape index (κ1) is 22.4. The van der Waals surface area contributed by atoms with E-state index < -0.39 is 0 Å². The third-order valence-corrected chi connectivity index (χ3v) is 6.00. The Morgan fingerprint density at radius 3 is 2.47 bits per heavy atom. The third kappa shape index (κ3) is 4.98. The number of hydrogen-bond donors (Lipinski definition) is 1. The van der Waals surface area contributed by atoms with E-state index in [1.807, 2.05) is 48.7 Å². The molecular weight excluding hydrogens is 398 g/mol. The Morgan fingerprint density at radius 2 is 1.75 bits per heavy atom. The first-order chi connectivity index (χ1) is 15.1. The number of nitrogens with zero attached hydrogens (tertiary/aromatic N) is 2. The Hall–Kier alpha value is -2.82. The van der Waals surface area contributed by atoms with Gasteiger partial charge in [0.05, 0.1) is 5.92 Å². The number of anilines is 1. The average Bonchev–Trinajstić information content (AvgIpc) is 3.35. The Kier molecular flexibility index (Phi) is 6.02. The predicted molar refractivity (Wildman–Crippen MR) is 130 cm³/mol. The summed E-state index contributed by atoms with van der Waals surface area (Å²) in [6.45, 7) is 11.2. The Bertz CT molecular complexity index is 1100. The number of hydrogen-bond acceptors (Lipinski definition) is 4. The highest BCUT2D eigenvalue weighted by Crippen LogP contribution is 2.39. The van der Waals surface area contributed by atoms with Crippen LogP contribution in [0.1, 0.15) is 66.7 Å². The molecule has 0 radical (unpaired) electrons. The van der Waals surface area contributed by atoms with Crippen molar-refractivity contribution in [2.45, 2.75) is 72.3 Å². The van der Waals surface area contributed by atoms with Gasteiger partial charge in [0.15, 0.2) is 0 Å². The highest BCUT2D eigenvalue weighted by Gasteiger charge is 2.30. The maximum Gasteiger partial charge on any atom is 0.314 e. The van der Waals surface area contributed by atoms with Crippen LogP contribution in [0.25, 0.3) is 16.9 Å². The maximum absolute atomic E-state index is 12.8. The van der Waals surface area contributed by atoms with Gasteiger partial charge in [0.25, 0.3) is 0 Å². The third-order valence-electron chi connectivity index (χ3n) is 6.00. The summed E-state index contributed by atoms with van der Waals surface area (Å²) in [5, 5.41) is 3.76. The number of imidazole rings is 1. The number of esters is 1. The van der Waals surface area contributed by atoms with Crippen LogP contribution in [-0.2, 0) is 4.79 Å². The number of pyridine rings is 1. The molecule has 0 aliphatic heterocycles. The molecule has 0 bridgehead atoms. The molecule has 5 nitrogen and oxygen atoms in total. The molecule has 0 spiro atoms. The van der Waals surface area contributed by atoms with Crippen LogP contribution in [0.5, 0.6) is 5.75 Å². The van der Waals surface area contributed by atoms with Gasteiger partial charge < -0.3 is 10.1 Å². The van der Waals surface area contributed by atoms with Crippen molar-refractivity contribution >= 4 is 17.4 Å². The molecule has 1 aromatic carbocycles. The molecule has 1 saturated carbocycles. The first-order valence-electron chi connectivity index (χ1n) is 11.7. The molecule has 5 heteroatoms. The summed E-state index contributed by atoms with van der Waals surface area (Å²) in [6, 6.07) is 13.7. The molecular formula is C27H35N3O2. The van der Waals surface area contributed by atoms with Crippen molar-refractivity contribution in [3.05, 3.63) is 48.7 Å². The molecule has 0 saturated heterocycles. The predicted octanol–water partition coefficient (Wildman–Crippen LogP) is 6.72. The number of benzene rings is 1. The SMILES string of the molecule is CC(C)(C)CC(C)(C)Nc1c(-c2ccccc2OC(=O)C2CCCC2)nc2ccccn12. The van der Waals surface area contributed by atoms with Gasteiger partial charge in [-0.05, 0) is 62.8 Å². The normalized spacial score (nSPS) is 15.3. The molecule has 0 atom stereocenters. The molecule has 1 aliphatic rings. The lowest BCUT2D eigenvalue weighted by molar-refractivity contribution is -0.138. The number of rotatable bonds is 6. The van der Waals surface area contributed by atoms with Gasteiger partial charge in [-0.2, -0.15) is 0 Å². The van der Waals surface area contributed by atoms with Crippen LogP contribution < -0.4 is 10.1 Å². The van der Waals surface area contributed by atoms with Gasteiger partial charge in [-0.15, -0.1) is 0 Å². The standard InChI is InChI=1S/C27H35N3O2/c1-26(2,3)18-27(4,5)29-24-23(28-22-16-10-11-17-30(22)24)20-14-8-9-15-21(20)32-25(31)19-12-6-7-13-19/h8-11,14-17,19,29H,6-7,12-13,18H2,1-5H3. The van der Waals surface area contributed by atoms with Gasteiger partial charge in [-0.3, -0.25) is 9.20 Å². The summed E-state index contributed by atoms with van der Waals surface area (Å²) in [5.74, 6) is 1.37. The van der Waals surface area contributed by atoms with Crippen LogP contribution in [0.4, 0.5) is 5.82 Å². The van der Waals surface area contributed by atoms with E-state index in [4.69, 9.17) is 9.72 Å². The van der Waals surface area contributed by atoms with Gasteiger partial charge >= 0.3 is 5.97 Å². The largest absolute Gasteiger partial charge is 0.426 e. The Labute approximate surface area is 191 Å². The van der Waals surface area contributed by atoms with E-state index in [-0.39, 0.29) is 22.8 Å². The van der Waals surface area contributed by atoms with E-state index in [1.165, 1.54) is 0 Å². The number of aromatic nitrogens is 2. The fraction of sp³-hybridized carbons (Fsp3) is 0.481. The lowest BCUT2D eigenvalue weighted by Gasteiger charge is -2.34. The summed E-state index contributed by atoms with van der Waals surface area (Å²) in [4.78, 5) is 17.7. The average molecular weight is 434 g/mol. The van der Waals surface area contributed by atoms with Gasteiger partial charge in [0, 0.05) is 17.3 Å². The second-order valence-electron chi connectivity index (χ2n) is 10.9. The van der Waals surface area contributed by atoms with Gasteiger partial charge in [-0.25, -0.2) is 4.98 Å². The minimum atomic E-state index is -0.158. The highest BCUT2D eigenvalue weighted by molar-refractivity contribution is 5.84. The molecule has 2 heterocycles. The highest BCUT2D eigenvalue weighted by atomic mass is 16.5. The van der Waals surface area contributed by atoms with Crippen LogP contribution in [0.3, 0.4) is 0 Å². The van der Waals surface area contributed by atoms with Crippen molar-refractivity contribution in [3.8, 4) is 17.0 Å². The summed E-state index contributed by atoms with van der Waals surface area (Å²) >= 11 is 0. The van der Waals surface area contributed by atoms with Crippen LogP contribution in [0.15, 0.2) is 48.7 Å². The second kappa shape index (κ2) is 8.61. The van der Waals surface area contributed by atoms with Gasteiger partial charge in [0.2, 0.25) is 0 Å². The zero-order valence-corrected chi connectivity index (χ0v) is 19.9. The molecule has 32 heavy (non-hydrogen) atoms. The molecule has 0 amide bonds. The molecule has 1 fully saturated rings. The van der Waals surface area contributed by atoms with Crippen molar-refractivity contribution < 1.29 is 9.53 Å². The van der Waals surface area contributed by atoms with E-state index in [1.54, 1.807) is 0 Å². The van der Waals surface area contributed by atoms with E-state index >= 15 is 0 Å². The Morgan fingerprint density at radius 1 is 1.06 bits per heavy atom. The molecule has 1 aliphatic carbocycles. The molecule has 3 aromatic rings. The molecule has 0 unspecified atom stereocenters. The van der Waals surface area contributed by atoms with E-state index in [2.05, 4.69) is 44.3 Å². The summed E-state index contributed by atoms with van der Waals surface area (Å²) in [5.41, 5.74) is 2.50. The molecule has 1 N–H and O–H groups in total. The molecule has 170 valence electrons. The van der Waals surface area contributed by atoms with Crippen LogP contribution in [-0.4, -0.2) is 20.9 Å². The fourth-order valence-corrected chi connectivity index (χ4v) is 5.10. The van der Waals surface area contributed by atoms with Crippen molar-refractivity contribution in [2.24, 2.45) is 11.3 Å². The number of para-hydroxylation sites is 1. The van der Waals surface area contributed by atoms with Crippen LogP contribution >= 0.6 is 0 Å². The van der Waals surface area contributed by atoms with Gasteiger partial charge in [0.1, 0.15) is 22.9 Å². The zero-order valence-electron chi connectivity index (χ0n) is 19.9. The number of ether oxygens (including phenoxy) is 1. The summed E-state index contributed by atoms with van der Waals surface area (Å²) in [6.07, 6.45) is 7.05. The first-order valence-corrected chi connectivity index (χ1v) is 11.7. The van der Waals surface area contributed by atoms with E-state index in [0.29, 0.717) is 5.75 Å². The fourth-order valence-electron chi connectivity index (χ4n) is 5.10.